The van der Waals surface area contributed by atoms with Crippen molar-refractivity contribution in [2.75, 3.05) is 18.0 Å². The Kier molecular flexibility index (Phi) is 6.69. The Balaban J connectivity index is 1.28. The minimum atomic E-state index is 0.169. The zero-order valence-corrected chi connectivity index (χ0v) is 20.0. The Morgan fingerprint density at radius 1 is 0.794 bits per heavy atom. The molecule has 0 unspecified atom stereocenters. The van der Waals surface area contributed by atoms with Crippen molar-refractivity contribution in [2.45, 2.75) is 32.7 Å². The molecule has 4 aromatic rings. The van der Waals surface area contributed by atoms with Crippen LogP contribution in [0.1, 0.15) is 19.4 Å². The van der Waals surface area contributed by atoms with Gasteiger partial charge in [-0.3, -0.25) is 5.26 Å². The van der Waals surface area contributed by atoms with Crippen molar-refractivity contribution in [1.82, 2.24) is 10.2 Å². The number of hydrogen-bond acceptors (Lipinski definition) is 7. The molecule has 6 nitrogen and oxygen atoms in total. The predicted molar refractivity (Wildman–Crippen MR) is 136 cm³/mol. The number of nitrogens with zero attached hydrogens (tertiary/aromatic N) is 3. The van der Waals surface area contributed by atoms with E-state index in [9.17, 15) is 0 Å². The molecule has 0 radical (unpaired) electrons. The van der Waals surface area contributed by atoms with Crippen LogP contribution in [0.25, 0.3) is 32.3 Å². The molecule has 2 heterocycles. The van der Waals surface area contributed by atoms with Gasteiger partial charge in [0.25, 0.3) is 0 Å². The summed E-state index contributed by atoms with van der Waals surface area (Å²) in [7, 11) is 0. The van der Waals surface area contributed by atoms with E-state index in [1.54, 1.807) is 11.3 Å². The Hall–Kier alpha value is -3.10. The average molecular weight is 474 g/mol. The van der Waals surface area contributed by atoms with Gasteiger partial charge in [-0.25, -0.2) is 4.89 Å². The van der Waals surface area contributed by atoms with Gasteiger partial charge < -0.3 is 9.64 Å². The molecule has 1 saturated heterocycles. The van der Waals surface area contributed by atoms with E-state index in [2.05, 4.69) is 82.4 Å². The van der Waals surface area contributed by atoms with Crippen molar-refractivity contribution in [3.8, 4) is 32.3 Å². The number of aromatic nitrogens is 2. The number of rotatable bonds is 6. The second-order valence-corrected chi connectivity index (χ2v) is 9.65. The van der Waals surface area contributed by atoms with E-state index in [-0.39, 0.29) is 18.8 Å². The first-order chi connectivity index (χ1) is 16.6. The molecule has 5 rings (SSSR count). The summed E-state index contributed by atoms with van der Waals surface area (Å²) < 4.78 is 5.86. The molecule has 0 bridgehead atoms. The van der Waals surface area contributed by atoms with Gasteiger partial charge >= 0.3 is 0 Å². The average Bonchev–Trinajstić information content (AvgIpc) is 3.35. The summed E-state index contributed by atoms with van der Waals surface area (Å²) in [5, 5.41) is 19.1. The number of morpholine rings is 1. The van der Waals surface area contributed by atoms with E-state index < -0.39 is 0 Å². The zero-order chi connectivity index (χ0) is 23.5. The molecule has 34 heavy (non-hydrogen) atoms. The summed E-state index contributed by atoms with van der Waals surface area (Å²) in [5.41, 5.74) is 6.53. The van der Waals surface area contributed by atoms with Crippen LogP contribution in [0.2, 0.25) is 0 Å². The highest BCUT2D eigenvalue weighted by Crippen LogP contribution is 2.32. The maximum atomic E-state index is 8.58. The van der Waals surface area contributed by atoms with Crippen molar-refractivity contribution in [1.29, 1.82) is 0 Å². The van der Waals surface area contributed by atoms with Crippen molar-refractivity contribution < 1.29 is 14.9 Å². The van der Waals surface area contributed by atoms with Crippen LogP contribution in [-0.2, 0) is 16.2 Å². The molecular formula is C27H27N3O3S. The molecule has 1 aromatic heterocycles. The molecule has 1 N–H and O–H groups in total. The minimum absolute atomic E-state index is 0.169. The number of benzene rings is 3. The van der Waals surface area contributed by atoms with Gasteiger partial charge in [0.05, 0.1) is 12.2 Å². The number of ether oxygens (including phenoxy) is 1. The molecule has 3 aromatic carbocycles. The number of hydrogen-bond donors (Lipinski definition) is 1. The molecule has 2 atom stereocenters. The molecule has 7 heteroatoms. The van der Waals surface area contributed by atoms with Gasteiger partial charge in [-0.05, 0) is 42.7 Å². The van der Waals surface area contributed by atoms with Crippen molar-refractivity contribution in [3.63, 3.8) is 0 Å². The van der Waals surface area contributed by atoms with Gasteiger partial charge in [-0.1, -0.05) is 72.0 Å². The van der Waals surface area contributed by atoms with Crippen LogP contribution in [0, 0.1) is 0 Å². The second-order valence-electron chi connectivity index (χ2n) is 8.67. The van der Waals surface area contributed by atoms with Crippen LogP contribution in [0.15, 0.2) is 72.8 Å². The lowest BCUT2D eigenvalue weighted by molar-refractivity contribution is -0.253. The zero-order valence-electron chi connectivity index (χ0n) is 19.2. The predicted octanol–water partition coefficient (Wildman–Crippen LogP) is 6.14. The lowest BCUT2D eigenvalue weighted by Crippen LogP contribution is -2.45. The van der Waals surface area contributed by atoms with E-state index in [0.29, 0.717) is 0 Å². The van der Waals surface area contributed by atoms with E-state index in [4.69, 9.17) is 9.99 Å². The highest BCUT2D eigenvalue weighted by Gasteiger charge is 2.22. The maximum Gasteiger partial charge on any atom is 0.148 e. The topological polar surface area (TPSA) is 67.7 Å². The SMILES string of the molecule is C[C@@H]1CN(c2ccc(-c3ccc(-c4nnc(-c5ccc(COO)cc5)s4)cc3)cc2)C[C@H](C)O1. The van der Waals surface area contributed by atoms with E-state index in [1.807, 2.05) is 24.3 Å². The Bertz CT molecular complexity index is 1210. The van der Waals surface area contributed by atoms with Gasteiger partial charge in [0.1, 0.15) is 16.6 Å². The third-order valence-electron chi connectivity index (χ3n) is 5.97. The van der Waals surface area contributed by atoms with Gasteiger partial charge in [0, 0.05) is 29.9 Å². The summed E-state index contributed by atoms with van der Waals surface area (Å²) in [5.74, 6) is 0. The lowest BCUT2D eigenvalue weighted by Gasteiger charge is -2.36. The van der Waals surface area contributed by atoms with E-state index >= 15 is 0 Å². The molecule has 1 fully saturated rings. The third kappa shape index (κ3) is 5.03. The van der Waals surface area contributed by atoms with Crippen LogP contribution < -0.4 is 4.90 Å². The summed E-state index contributed by atoms with van der Waals surface area (Å²) in [6.45, 7) is 6.27. The lowest BCUT2D eigenvalue weighted by atomic mass is 10.0. The second kappa shape index (κ2) is 10.0. The van der Waals surface area contributed by atoms with Gasteiger partial charge in [-0.15, -0.1) is 10.2 Å². The number of anilines is 1. The molecule has 0 spiro atoms. The van der Waals surface area contributed by atoms with Crippen LogP contribution in [0.5, 0.6) is 0 Å². The quantitative estimate of drug-likeness (QED) is 0.268. The molecule has 1 aliphatic heterocycles. The van der Waals surface area contributed by atoms with Crippen LogP contribution >= 0.6 is 11.3 Å². The monoisotopic (exact) mass is 473 g/mol. The first-order valence-electron chi connectivity index (χ1n) is 11.4. The van der Waals surface area contributed by atoms with Gasteiger partial charge in [0.2, 0.25) is 0 Å². The molecule has 1 aliphatic rings. The third-order valence-corrected chi connectivity index (χ3v) is 7.00. The van der Waals surface area contributed by atoms with Crippen molar-refractivity contribution >= 4 is 17.0 Å². The normalized spacial score (nSPS) is 18.3. The smallest absolute Gasteiger partial charge is 0.148 e. The summed E-state index contributed by atoms with van der Waals surface area (Å²) >= 11 is 1.56. The molecule has 0 aliphatic carbocycles. The first kappa shape index (κ1) is 22.7. The largest absolute Gasteiger partial charge is 0.372 e. The molecular weight excluding hydrogens is 446 g/mol. The minimum Gasteiger partial charge on any atom is -0.372 e. The summed E-state index contributed by atoms with van der Waals surface area (Å²) in [6.07, 6.45) is 0.495. The van der Waals surface area contributed by atoms with Crippen molar-refractivity contribution in [2.24, 2.45) is 0 Å². The van der Waals surface area contributed by atoms with E-state index in [1.165, 1.54) is 16.8 Å². The van der Waals surface area contributed by atoms with Crippen LogP contribution in [-0.4, -0.2) is 40.8 Å². The molecule has 0 saturated carbocycles. The molecule has 174 valence electrons. The Morgan fingerprint density at radius 3 is 1.79 bits per heavy atom. The van der Waals surface area contributed by atoms with Gasteiger partial charge in [0.15, 0.2) is 0 Å². The standard InChI is InChI=1S/C27H27N3O3S/c1-18-15-30(16-19(2)33-18)25-13-11-22(12-14-25)21-7-9-24(10-8-21)27-29-28-26(34-27)23-5-3-20(4-6-23)17-32-31/h3-14,18-19,31H,15-17H2,1-2H3/t18-,19+. The summed E-state index contributed by atoms with van der Waals surface area (Å²) in [6, 6.07) is 25.0. The van der Waals surface area contributed by atoms with Crippen molar-refractivity contribution in [3.05, 3.63) is 78.4 Å². The highest BCUT2D eigenvalue weighted by atomic mass is 32.1. The summed E-state index contributed by atoms with van der Waals surface area (Å²) in [4.78, 5) is 6.58. The fourth-order valence-electron chi connectivity index (χ4n) is 4.33. The Labute approximate surface area is 203 Å². The highest BCUT2D eigenvalue weighted by molar-refractivity contribution is 7.17. The molecule has 0 amide bonds. The van der Waals surface area contributed by atoms with E-state index in [0.717, 1.165) is 39.8 Å². The van der Waals surface area contributed by atoms with Gasteiger partial charge in [-0.2, -0.15) is 0 Å². The fraction of sp³-hybridized carbons (Fsp3) is 0.259. The maximum absolute atomic E-state index is 8.58. The van der Waals surface area contributed by atoms with Crippen LogP contribution in [0.3, 0.4) is 0 Å². The fourth-order valence-corrected chi connectivity index (χ4v) is 5.19. The van der Waals surface area contributed by atoms with Crippen LogP contribution in [0.4, 0.5) is 5.69 Å². The Morgan fingerprint density at radius 2 is 1.26 bits per heavy atom. The first-order valence-corrected chi connectivity index (χ1v) is 12.2.